The molecule has 5 rings (SSSR count). The Morgan fingerprint density at radius 3 is 2.16 bits per heavy atom. The standard InChI is InChI=1S/C39H62O5/c1-25(2)26-13-18-39(21-22-40)20-19-37(8)27(33(26)39)11-12-29-36(7)16-15-30(35(5,6)28(36)14-17-38(29,37)9)44-32(42)24-34(3,4)23-31(41)43-10/h22,26-30,33H,1,11-21,23-24H2,2-10H3/t26-,27?,28?,29?,30-,33?,36-,37+,38+,39+/m0/s1. The van der Waals surface area contributed by atoms with Gasteiger partial charge in [-0.2, -0.15) is 0 Å². The number of methoxy groups -OCH3 is 1. The van der Waals surface area contributed by atoms with Crippen LogP contribution in [0.15, 0.2) is 12.2 Å². The zero-order valence-corrected chi connectivity index (χ0v) is 29.5. The van der Waals surface area contributed by atoms with E-state index in [1.807, 2.05) is 13.8 Å². The van der Waals surface area contributed by atoms with E-state index in [9.17, 15) is 14.4 Å². The topological polar surface area (TPSA) is 69.7 Å². The summed E-state index contributed by atoms with van der Waals surface area (Å²) in [5.41, 5.74) is 1.62. The molecule has 44 heavy (non-hydrogen) atoms. The molecule has 0 aromatic carbocycles. The molecule has 0 N–H and O–H groups in total. The van der Waals surface area contributed by atoms with Crippen LogP contribution in [0.1, 0.15) is 139 Å². The van der Waals surface area contributed by atoms with Crippen molar-refractivity contribution in [2.24, 2.45) is 62.1 Å². The number of carbonyl (C=O) groups is 3. The second-order valence-corrected chi connectivity index (χ2v) is 18.4. The van der Waals surface area contributed by atoms with Gasteiger partial charge in [0, 0.05) is 11.8 Å². The zero-order valence-electron chi connectivity index (χ0n) is 29.5. The van der Waals surface area contributed by atoms with E-state index in [1.54, 1.807) is 0 Å². The lowest BCUT2D eigenvalue weighted by atomic mass is 9.32. The highest BCUT2D eigenvalue weighted by atomic mass is 16.5. The highest BCUT2D eigenvalue weighted by Crippen LogP contribution is 2.77. The summed E-state index contributed by atoms with van der Waals surface area (Å²) in [6.45, 7) is 23.2. The maximum absolute atomic E-state index is 13.2. The Balaban J connectivity index is 1.37. The zero-order chi connectivity index (χ0) is 32.5. The van der Waals surface area contributed by atoms with Crippen LogP contribution >= 0.6 is 0 Å². The van der Waals surface area contributed by atoms with Gasteiger partial charge in [-0.3, -0.25) is 9.59 Å². The van der Waals surface area contributed by atoms with Gasteiger partial charge in [0.2, 0.25) is 0 Å². The number of rotatable bonds is 8. The van der Waals surface area contributed by atoms with Crippen molar-refractivity contribution in [3.8, 4) is 0 Å². The van der Waals surface area contributed by atoms with Crippen LogP contribution < -0.4 is 0 Å². The SMILES string of the molecule is C=C(C)[C@@H]1CC[C@]2(CC=O)CC[C@]3(C)C(CCC4[C@@]5(C)CC[C@H](OC(=O)CC(C)(C)CC(=O)OC)C(C)(C)C5CC[C@]43C)C12. The minimum absolute atomic E-state index is 0.105. The third kappa shape index (κ3) is 5.04. The second kappa shape index (κ2) is 11.3. The molecule has 5 aliphatic rings. The van der Waals surface area contributed by atoms with Gasteiger partial charge in [0.15, 0.2) is 0 Å². The van der Waals surface area contributed by atoms with Crippen molar-refractivity contribution >= 4 is 18.2 Å². The maximum atomic E-state index is 13.2. The Kier molecular flexibility index (Phi) is 8.62. The van der Waals surface area contributed by atoms with Gasteiger partial charge in [-0.1, -0.05) is 60.6 Å². The summed E-state index contributed by atoms with van der Waals surface area (Å²) in [4.78, 5) is 37.2. The first-order chi connectivity index (χ1) is 20.4. The number of hydrogen-bond donors (Lipinski definition) is 0. The van der Waals surface area contributed by atoms with Gasteiger partial charge in [-0.15, -0.1) is 0 Å². The molecule has 0 saturated heterocycles. The van der Waals surface area contributed by atoms with Gasteiger partial charge in [0.05, 0.1) is 20.0 Å². The number of carbonyl (C=O) groups excluding carboxylic acids is 3. The predicted octanol–water partition coefficient (Wildman–Crippen LogP) is 9.12. The average molecular weight is 611 g/mol. The molecule has 5 heteroatoms. The summed E-state index contributed by atoms with van der Waals surface area (Å²) in [7, 11) is 1.39. The molecule has 0 amide bonds. The Bertz CT molecular complexity index is 1170. The molecule has 5 saturated carbocycles. The van der Waals surface area contributed by atoms with E-state index in [-0.39, 0.29) is 58.0 Å². The summed E-state index contributed by atoms with van der Waals surface area (Å²) in [6, 6.07) is 0. The normalized spacial score (nSPS) is 44.3. The molecule has 5 nitrogen and oxygen atoms in total. The first kappa shape index (κ1) is 33.7. The lowest BCUT2D eigenvalue weighted by molar-refractivity contribution is -0.250. The van der Waals surface area contributed by atoms with Crippen LogP contribution in [-0.4, -0.2) is 31.4 Å². The van der Waals surface area contributed by atoms with Gasteiger partial charge in [0.1, 0.15) is 12.4 Å². The molecule has 10 atom stereocenters. The number of ether oxygens (including phenoxy) is 2. The first-order valence-electron chi connectivity index (χ1n) is 17.8. The van der Waals surface area contributed by atoms with Gasteiger partial charge in [-0.25, -0.2) is 0 Å². The minimum Gasteiger partial charge on any atom is -0.469 e. The van der Waals surface area contributed by atoms with Crippen molar-refractivity contribution < 1.29 is 23.9 Å². The third-order valence-electron chi connectivity index (χ3n) is 15.4. The molecule has 4 unspecified atom stereocenters. The summed E-state index contributed by atoms with van der Waals surface area (Å²) in [6.07, 6.45) is 14.0. The fraction of sp³-hybridized carbons (Fsp3) is 0.872. The molecule has 5 fully saturated rings. The van der Waals surface area contributed by atoms with Crippen molar-refractivity contribution in [1.29, 1.82) is 0 Å². The molecule has 0 aromatic rings. The lowest BCUT2D eigenvalue weighted by Gasteiger charge is -2.73. The van der Waals surface area contributed by atoms with Gasteiger partial charge in [-0.05, 0) is 128 Å². The quantitative estimate of drug-likeness (QED) is 0.156. The highest BCUT2D eigenvalue weighted by Gasteiger charge is 2.71. The van der Waals surface area contributed by atoms with Crippen LogP contribution in [0.25, 0.3) is 0 Å². The molecular formula is C39H62O5. The summed E-state index contributed by atoms with van der Waals surface area (Å²) >= 11 is 0. The van der Waals surface area contributed by atoms with E-state index < -0.39 is 5.41 Å². The predicted molar refractivity (Wildman–Crippen MR) is 175 cm³/mol. The van der Waals surface area contributed by atoms with Gasteiger partial charge in [0.25, 0.3) is 0 Å². The van der Waals surface area contributed by atoms with Crippen LogP contribution in [0, 0.1) is 62.1 Å². The van der Waals surface area contributed by atoms with Crippen LogP contribution in [0.5, 0.6) is 0 Å². The van der Waals surface area contributed by atoms with Gasteiger partial charge >= 0.3 is 11.9 Å². The summed E-state index contributed by atoms with van der Waals surface area (Å²) in [5, 5.41) is 0. The maximum Gasteiger partial charge on any atom is 0.306 e. The van der Waals surface area contributed by atoms with Crippen molar-refractivity contribution in [3.05, 3.63) is 12.2 Å². The smallest absolute Gasteiger partial charge is 0.306 e. The molecule has 0 bridgehead atoms. The van der Waals surface area contributed by atoms with Crippen LogP contribution in [0.4, 0.5) is 0 Å². The first-order valence-corrected chi connectivity index (χ1v) is 17.8. The Hall–Kier alpha value is -1.65. The Morgan fingerprint density at radius 2 is 1.52 bits per heavy atom. The van der Waals surface area contributed by atoms with Crippen LogP contribution in [0.2, 0.25) is 0 Å². The van der Waals surface area contributed by atoms with Crippen molar-refractivity contribution in [1.82, 2.24) is 0 Å². The van der Waals surface area contributed by atoms with Crippen molar-refractivity contribution in [3.63, 3.8) is 0 Å². The Morgan fingerprint density at radius 1 is 0.841 bits per heavy atom. The molecule has 248 valence electrons. The molecule has 5 aliphatic carbocycles. The van der Waals surface area contributed by atoms with Crippen LogP contribution in [0.3, 0.4) is 0 Å². The van der Waals surface area contributed by atoms with E-state index in [4.69, 9.17) is 9.47 Å². The summed E-state index contributed by atoms with van der Waals surface area (Å²) in [5.74, 6) is 2.44. The number of aldehydes is 1. The van der Waals surface area contributed by atoms with Crippen LogP contribution in [-0.2, 0) is 23.9 Å². The fourth-order valence-electron chi connectivity index (χ4n) is 13.1. The third-order valence-corrected chi connectivity index (χ3v) is 15.4. The van der Waals surface area contributed by atoms with E-state index >= 15 is 0 Å². The molecular weight excluding hydrogens is 548 g/mol. The molecule has 0 aromatic heterocycles. The number of esters is 2. The second-order valence-electron chi connectivity index (χ2n) is 18.4. The Labute approximate surface area is 268 Å². The molecule has 0 heterocycles. The lowest BCUT2D eigenvalue weighted by Crippen LogP contribution is -2.66. The molecule has 0 aliphatic heterocycles. The fourth-order valence-corrected chi connectivity index (χ4v) is 13.1. The summed E-state index contributed by atoms with van der Waals surface area (Å²) < 4.78 is 11.2. The number of hydrogen-bond acceptors (Lipinski definition) is 5. The highest BCUT2D eigenvalue weighted by molar-refractivity contribution is 5.74. The van der Waals surface area contributed by atoms with Gasteiger partial charge < -0.3 is 14.3 Å². The molecule has 0 radical (unpaired) electrons. The van der Waals surface area contributed by atoms with E-state index in [1.165, 1.54) is 70.3 Å². The number of fused-ring (bicyclic) bond motifs is 7. The minimum atomic E-state index is -0.496. The van der Waals surface area contributed by atoms with E-state index in [0.717, 1.165) is 19.3 Å². The van der Waals surface area contributed by atoms with E-state index in [0.29, 0.717) is 29.6 Å². The monoisotopic (exact) mass is 610 g/mol. The number of allylic oxidation sites excluding steroid dienone is 1. The van der Waals surface area contributed by atoms with Crippen molar-refractivity contribution in [2.45, 2.75) is 145 Å². The molecule has 0 spiro atoms. The average Bonchev–Trinajstić information content (AvgIpc) is 3.30. The largest absolute Gasteiger partial charge is 0.469 e. The van der Waals surface area contributed by atoms with E-state index in [2.05, 4.69) is 48.1 Å². The van der Waals surface area contributed by atoms with Crippen molar-refractivity contribution in [2.75, 3.05) is 7.11 Å².